The van der Waals surface area contributed by atoms with Crippen molar-refractivity contribution < 1.29 is 4.42 Å². The predicted molar refractivity (Wildman–Crippen MR) is 225 cm³/mol. The molecule has 0 aliphatic heterocycles. The topological polar surface area (TPSA) is 51.8 Å². The summed E-state index contributed by atoms with van der Waals surface area (Å²) in [7, 11) is 0. The molecule has 0 radical (unpaired) electrons. The molecule has 2 aromatic heterocycles. The zero-order chi connectivity index (χ0) is 36.6. The van der Waals surface area contributed by atoms with Gasteiger partial charge in [0.1, 0.15) is 11.2 Å². The van der Waals surface area contributed by atoms with Crippen LogP contribution in [0, 0.1) is 0 Å². The van der Waals surface area contributed by atoms with E-state index in [1.807, 2.05) is 42.5 Å². The minimum atomic E-state index is 0.626. The van der Waals surface area contributed by atoms with Gasteiger partial charge in [-0.1, -0.05) is 194 Å². The third kappa shape index (κ3) is 6.16. The van der Waals surface area contributed by atoms with Crippen molar-refractivity contribution in [2.75, 3.05) is 0 Å². The van der Waals surface area contributed by atoms with E-state index < -0.39 is 0 Å². The first-order valence-corrected chi connectivity index (χ1v) is 18.4. The van der Waals surface area contributed by atoms with E-state index in [2.05, 4.69) is 158 Å². The summed E-state index contributed by atoms with van der Waals surface area (Å²) < 4.78 is 6.69. The van der Waals surface area contributed by atoms with Crippen LogP contribution < -0.4 is 0 Å². The van der Waals surface area contributed by atoms with Gasteiger partial charge in [0.25, 0.3) is 0 Å². The van der Waals surface area contributed by atoms with Crippen molar-refractivity contribution in [1.82, 2.24) is 15.0 Å². The number of hydrogen-bond acceptors (Lipinski definition) is 4. The Balaban J connectivity index is 1.00. The van der Waals surface area contributed by atoms with Gasteiger partial charge >= 0.3 is 0 Å². The van der Waals surface area contributed by atoms with Gasteiger partial charge in [-0.15, -0.1) is 0 Å². The Morgan fingerprint density at radius 2 is 0.600 bits per heavy atom. The zero-order valence-corrected chi connectivity index (χ0v) is 29.8. The molecular weight excluding hydrogens is 671 g/mol. The predicted octanol–water partition coefficient (Wildman–Crippen LogP) is 13.4. The van der Waals surface area contributed by atoms with Gasteiger partial charge in [0, 0.05) is 38.6 Å². The van der Waals surface area contributed by atoms with E-state index in [0.29, 0.717) is 17.5 Å². The lowest BCUT2D eigenvalue weighted by molar-refractivity contribution is 0.671. The summed E-state index contributed by atoms with van der Waals surface area (Å²) in [6.45, 7) is 0. The quantitative estimate of drug-likeness (QED) is 0.166. The van der Waals surface area contributed by atoms with Crippen LogP contribution in [0.25, 0.3) is 101 Å². The maximum absolute atomic E-state index is 6.69. The molecule has 8 aromatic carbocycles. The number of benzene rings is 8. The molecule has 0 N–H and O–H groups in total. The Hall–Kier alpha value is -7.43. The van der Waals surface area contributed by atoms with Crippen LogP contribution in [0.4, 0.5) is 0 Å². The van der Waals surface area contributed by atoms with Crippen molar-refractivity contribution in [1.29, 1.82) is 0 Å². The number of rotatable bonds is 7. The summed E-state index contributed by atoms with van der Waals surface area (Å²) in [6.07, 6.45) is 0. The van der Waals surface area contributed by atoms with Crippen LogP contribution in [0.2, 0.25) is 0 Å². The minimum absolute atomic E-state index is 0.626. The van der Waals surface area contributed by atoms with Gasteiger partial charge in [0.2, 0.25) is 0 Å². The second kappa shape index (κ2) is 13.8. The van der Waals surface area contributed by atoms with Gasteiger partial charge in [-0.05, 0) is 39.4 Å². The molecule has 0 spiro atoms. The highest BCUT2D eigenvalue weighted by atomic mass is 16.3. The lowest BCUT2D eigenvalue weighted by Crippen LogP contribution is -2.00. The molecule has 10 rings (SSSR count). The summed E-state index contributed by atoms with van der Waals surface area (Å²) in [5.41, 5.74) is 13.5. The number of furan rings is 1. The molecular formula is C51H33N3O. The molecule has 0 unspecified atom stereocenters. The van der Waals surface area contributed by atoms with Crippen molar-refractivity contribution in [3.63, 3.8) is 0 Å². The van der Waals surface area contributed by atoms with Gasteiger partial charge in [-0.25, -0.2) is 15.0 Å². The summed E-state index contributed by atoms with van der Waals surface area (Å²) in [6, 6.07) is 69.2. The van der Waals surface area contributed by atoms with Crippen molar-refractivity contribution in [3.05, 3.63) is 200 Å². The normalized spacial score (nSPS) is 11.3. The highest BCUT2D eigenvalue weighted by Gasteiger charge is 2.17. The summed E-state index contributed by atoms with van der Waals surface area (Å²) in [5, 5.41) is 2.23. The standard InChI is InChI=1S/C51H33N3O/c1-4-13-34(14-5-1)35-27-31-40(32-28-35)50-52-49(39-17-8-3-9-18-39)53-51(54-50)42-20-10-19-41(33-42)36-25-29-38(30-26-36)44-22-12-24-46-45-23-11-21-43(47(45)55-48(44)46)37-15-6-2-7-16-37/h1-33H. The van der Waals surface area contributed by atoms with Crippen molar-refractivity contribution in [3.8, 4) is 78.7 Å². The smallest absolute Gasteiger partial charge is 0.164 e. The Morgan fingerprint density at radius 1 is 0.255 bits per heavy atom. The first-order valence-electron chi connectivity index (χ1n) is 18.4. The Kier molecular flexibility index (Phi) is 8.12. The van der Waals surface area contributed by atoms with Crippen LogP contribution in [0.3, 0.4) is 0 Å². The van der Waals surface area contributed by atoms with Gasteiger partial charge in [0.15, 0.2) is 17.5 Å². The maximum Gasteiger partial charge on any atom is 0.164 e. The van der Waals surface area contributed by atoms with Gasteiger partial charge in [0.05, 0.1) is 0 Å². The second-order valence-electron chi connectivity index (χ2n) is 13.6. The number of para-hydroxylation sites is 2. The van der Waals surface area contributed by atoms with E-state index in [1.54, 1.807) is 0 Å². The minimum Gasteiger partial charge on any atom is -0.455 e. The summed E-state index contributed by atoms with van der Waals surface area (Å²) >= 11 is 0. The van der Waals surface area contributed by atoms with E-state index in [4.69, 9.17) is 19.4 Å². The van der Waals surface area contributed by atoms with E-state index in [1.165, 1.54) is 5.56 Å². The largest absolute Gasteiger partial charge is 0.455 e. The molecule has 0 bridgehead atoms. The molecule has 0 amide bonds. The van der Waals surface area contributed by atoms with Crippen LogP contribution in [0.5, 0.6) is 0 Å². The van der Waals surface area contributed by atoms with Gasteiger partial charge in [-0.3, -0.25) is 0 Å². The molecule has 10 aromatic rings. The molecule has 2 heterocycles. The third-order valence-electron chi connectivity index (χ3n) is 10.2. The molecule has 4 nitrogen and oxygen atoms in total. The second-order valence-corrected chi connectivity index (χ2v) is 13.6. The van der Waals surface area contributed by atoms with Crippen molar-refractivity contribution in [2.24, 2.45) is 0 Å². The van der Waals surface area contributed by atoms with E-state index in [9.17, 15) is 0 Å². The fourth-order valence-corrected chi connectivity index (χ4v) is 7.37. The Bertz CT molecular complexity index is 2940. The first-order chi connectivity index (χ1) is 27.2. The van der Waals surface area contributed by atoms with Crippen LogP contribution >= 0.6 is 0 Å². The highest BCUT2D eigenvalue weighted by Crippen LogP contribution is 2.40. The molecule has 0 saturated heterocycles. The third-order valence-corrected chi connectivity index (χ3v) is 10.2. The first kappa shape index (κ1) is 32.2. The van der Waals surface area contributed by atoms with E-state index in [-0.39, 0.29) is 0 Å². The van der Waals surface area contributed by atoms with Crippen molar-refractivity contribution >= 4 is 21.9 Å². The molecule has 4 heteroatoms. The molecule has 55 heavy (non-hydrogen) atoms. The Labute approximate surface area is 319 Å². The monoisotopic (exact) mass is 703 g/mol. The summed E-state index contributed by atoms with van der Waals surface area (Å²) in [4.78, 5) is 15.0. The van der Waals surface area contributed by atoms with Crippen LogP contribution in [-0.2, 0) is 0 Å². The van der Waals surface area contributed by atoms with Gasteiger partial charge < -0.3 is 4.42 Å². The molecule has 0 aliphatic carbocycles. The van der Waals surface area contributed by atoms with Gasteiger partial charge in [-0.2, -0.15) is 0 Å². The average Bonchev–Trinajstić information content (AvgIpc) is 3.67. The molecule has 0 aliphatic rings. The van der Waals surface area contributed by atoms with Crippen LogP contribution in [0.15, 0.2) is 205 Å². The van der Waals surface area contributed by atoms with Crippen LogP contribution in [-0.4, -0.2) is 15.0 Å². The fourth-order valence-electron chi connectivity index (χ4n) is 7.37. The molecule has 0 saturated carbocycles. The van der Waals surface area contributed by atoms with Crippen LogP contribution in [0.1, 0.15) is 0 Å². The highest BCUT2D eigenvalue weighted by molar-refractivity contribution is 6.13. The lowest BCUT2D eigenvalue weighted by Gasteiger charge is -2.10. The lowest BCUT2D eigenvalue weighted by atomic mass is 9.97. The van der Waals surface area contributed by atoms with Crippen molar-refractivity contribution in [2.45, 2.75) is 0 Å². The fraction of sp³-hybridized carbons (Fsp3) is 0. The SMILES string of the molecule is c1ccc(-c2ccc(-c3nc(-c4ccccc4)nc(-c4cccc(-c5ccc(-c6cccc7c6oc6c(-c8ccccc8)cccc67)cc5)c4)n3)cc2)cc1. The Morgan fingerprint density at radius 3 is 1.16 bits per heavy atom. The maximum atomic E-state index is 6.69. The van der Waals surface area contributed by atoms with E-state index >= 15 is 0 Å². The zero-order valence-electron chi connectivity index (χ0n) is 29.8. The number of aromatic nitrogens is 3. The summed E-state index contributed by atoms with van der Waals surface area (Å²) in [5.74, 6) is 1.90. The number of nitrogens with zero attached hydrogens (tertiary/aromatic N) is 3. The number of hydrogen-bond donors (Lipinski definition) is 0. The average molecular weight is 704 g/mol. The molecule has 0 fully saturated rings. The number of fused-ring (bicyclic) bond motifs is 3. The molecule has 258 valence electrons. The van der Waals surface area contributed by atoms with E-state index in [0.717, 1.165) is 77.6 Å². The molecule has 0 atom stereocenters.